The summed E-state index contributed by atoms with van der Waals surface area (Å²) in [5.41, 5.74) is -7.84. The van der Waals surface area contributed by atoms with Crippen LogP contribution in [0.5, 0.6) is 5.75 Å². The standard InChI is InChI=1S/C36H33F8NO5S/c1-21-19-23(32(47)50-26-5-3-2-4-6-26)7-14-28(21)31(46)45-18-17-33(51(48,49)27-12-10-25(37)11-13-27)29-15-9-24(20-22(29)8-16-30(33)45)34(38,35(39,40)41)36(42,43)44/h2-6,9-13,15,20-21,23,28,30H,7-8,14,16-19H2,1H3/t21-,23+,28+,30+,33+/m0/s1. The maximum absolute atomic E-state index is 15.1. The Labute approximate surface area is 288 Å². The highest BCUT2D eigenvalue weighted by atomic mass is 32.2. The van der Waals surface area contributed by atoms with Crippen molar-refractivity contribution >= 4 is 21.7 Å². The summed E-state index contributed by atoms with van der Waals surface area (Å²) >= 11 is 0. The molecule has 3 aromatic rings. The molecule has 3 aromatic carbocycles. The number of fused-ring (bicyclic) bond motifs is 3. The minimum atomic E-state index is -6.38. The van der Waals surface area contributed by atoms with Crippen LogP contribution >= 0.6 is 0 Å². The highest BCUT2D eigenvalue weighted by Crippen LogP contribution is 2.57. The van der Waals surface area contributed by atoms with Crippen LogP contribution in [0.3, 0.4) is 0 Å². The van der Waals surface area contributed by atoms with Gasteiger partial charge in [0.2, 0.25) is 5.91 Å². The molecule has 274 valence electrons. The van der Waals surface area contributed by atoms with E-state index in [1.807, 2.05) is 0 Å². The second kappa shape index (κ2) is 12.9. The first-order valence-corrected chi connectivity index (χ1v) is 17.8. The Morgan fingerprint density at radius 1 is 0.863 bits per heavy atom. The Bertz CT molecular complexity index is 1900. The van der Waals surface area contributed by atoms with Gasteiger partial charge in [-0.3, -0.25) is 9.59 Å². The van der Waals surface area contributed by atoms with Crippen LogP contribution in [0, 0.1) is 23.6 Å². The molecular formula is C36H33F8NO5S. The van der Waals surface area contributed by atoms with E-state index < -0.39 is 73.7 Å². The number of likely N-dealkylation sites (tertiary alicyclic amines) is 1. The van der Waals surface area contributed by atoms with Crippen LogP contribution in [-0.2, 0) is 36.3 Å². The summed E-state index contributed by atoms with van der Waals surface area (Å²) in [6, 6.07) is 12.7. The number of benzene rings is 3. The second-order valence-corrected chi connectivity index (χ2v) is 15.7. The van der Waals surface area contributed by atoms with Crippen LogP contribution in [0.2, 0.25) is 0 Å². The predicted molar refractivity (Wildman–Crippen MR) is 167 cm³/mol. The van der Waals surface area contributed by atoms with Crippen LogP contribution in [-0.4, -0.2) is 50.1 Å². The first-order valence-electron chi connectivity index (χ1n) is 16.4. The van der Waals surface area contributed by atoms with Gasteiger partial charge in [0, 0.05) is 18.0 Å². The number of para-hydroxylation sites is 1. The Balaban J connectivity index is 1.35. The molecule has 3 aliphatic rings. The molecule has 1 aliphatic heterocycles. The van der Waals surface area contributed by atoms with Gasteiger partial charge in [-0.05, 0) is 92.0 Å². The number of sulfone groups is 1. The minimum Gasteiger partial charge on any atom is -0.426 e. The number of aryl methyl sites for hydroxylation is 1. The molecule has 0 spiro atoms. The molecule has 15 heteroatoms. The molecule has 1 heterocycles. The molecule has 0 unspecified atom stereocenters. The number of carbonyl (C=O) groups is 2. The van der Waals surface area contributed by atoms with Crippen LogP contribution < -0.4 is 4.74 Å². The molecule has 51 heavy (non-hydrogen) atoms. The minimum absolute atomic E-state index is 0.119. The van der Waals surface area contributed by atoms with E-state index in [-0.39, 0.29) is 54.2 Å². The van der Waals surface area contributed by atoms with Gasteiger partial charge in [-0.1, -0.05) is 43.3 Å². The first-order chi connectivity index (χ1) is 23.8. The SMILES string of the molecule is C[C@H]1C[C@H](C(=O)Oc2ccccc2)CC[C@H]1C(=O)N1CC[C@@]2(S(=O)(=O)c3ccc(F)cc3)c3ccc(C(F)(C(F)(F)F)C(F)(F)F)cc3CC[C@@H]12. The number of ether oxygens (including phenoxy) is 1. The lowest BCUT2D eigenvalue weighted by molar-refractivity contribution is -0.348. The fourth-order valence-corrected chi connectivity index (χ4v) is 10.6. The summed E-state index contributed by atoms with van der Waals surface area (Å²) in [6.07, 6.45) is -12.5. The van der Waals surface area contributed by atoms with Gasteiger partial charge in [-0.2, -0.15) is 26.3 Å². The normalized spacial score (nSPS) is 25.5. The first kappa shape index (κ1) is 36.8. The molecule has 0 radical (unpaired) electrons. The number of hydrogen-bond acceptors (Lipinski definition) is 5. The lowest BCUT2D eigenvalue weighted by atomic mass is 9.73. The third kappa shape index (κ3) is 5.98. The van der Waals surface area contributed by atoms with Crippen molar-refractivity contribution in [3.63, 3.8) is 0 Å². The molecule has 2 aliphatic carbocycles. The Kier molecular flexibility index (Phi) is 9.29. The molecule has 2 fully saturated rings. The van der Waals surface area contributed by atoms with Gasteiger partial charge in [0.1, 0.15) is 16.3 Å². The summed E-state index contributed by atoms with van der Waals surface area (Å²) in [4.78, 5) is 28.2. The van der Waals surface area contributed by atoms with Gasteiger partial charge in [-0.25, -0.2) is 17.2 Å². The van der Waals surface area contributed by atoms with Gasteiger partial charge in [0.05, 0.1) is 16.9 Å². The van der Waals surface area contributed by atoms with Gasteiger partial charge >= 0.3 is 24.0 Å². The maximum Gasteiger partial charge on any atom is 0.435 e. The molecule has 1 amide bonds. The Morgan fingerprint density at radius 3 is 2.12 bits per heavy atom. The largest absolute Gasteiger partial charge is 0.435 e. The zero-order valence-electron chi connectivity index (χ0n) is 27.1. The van der Waals surface area contributed by atoms with E-state index in [0.29, 0.717) is 30.7 Å². The zero-order valence-corrected chi connectivity index (χ0v) is 27.9. The number of carbonyl (C=O) groups excluding carboxylic acids is 2. The van der Waals surface area contributed by atoms with Crippen LogP contribution in [0.15, 0.2) is 77.7 Å². The third-order valence-electron chi connectivity index (χ3n) is 10.7. The van der Waals surface area contributed by atoms with E-state index >= 15 is 4.39 Å². The van der Waals surface area contributed by atoms with Crippen LogP contribution in [0.1, 0.15) is 55.7 Å². The highest BCUT2D eigenvalue weighted by Gasteiger charge is 2.74. The molecule has 0 bridgehead atoms. The van der Waals surface area contributed by atoms with Gasteiger partial charge in [0.25, 0.3) is 0 Å². The van der Waals surface area contributed by atoms with E-state index in [0.717, 1.165) is 30.3 Å². The van der Waals surface area contributed by atoms with Gasteiger partial charge in [-0.15, -0.1) is 0 Å². The topological polar surface area (TPSA) is 80.8 Å². The molecule has 5 atom stereocenters. The Morgan fingerprint density at radius 2 is 1.51 bits per heavy atom. The highest BCUT2D eigenvalue weighted by molar-refractivity contribution is 7.92. The molecule has 1 saturated carbocycles. The van der Waals surface area contributed by atoms with Crippen molar-refractivity contribution in [1.29, 1.82) is 0 Å². The van der Waals surface area contributed by atoms with Crippen molar-refractivity contribution < 1.29 is 57.9 Å². The van der Waals surface area contributed by atoms with Crippen molar-refractivity contribution in [2.75, 3.05) is 6.54 Å². The van der Waals surface area contributed by atoms with Crippen molar-refractivity contribution in [2.24, 2.45) is 17.8 Å². The van der Waals surface area contributed by atoms with Gasteiger partial charge in [0.15, 0.2) is 9.84 Å². The van der Waals surface area contributed by atoms with Crippen molar-refractivity contribution in [3.05, 3.63) is 95.3 Å². The zero-order chi connectivity index (χ0) is 37.1. The van der Waals surface area contributed by atoms with Crippen molar-refractivity contribution in [2.45, 2.75) is 79.2 Å². The van der Waals surface area contributed by atoms with Crippen LogP contribution in [0.25, 0.3) is 0 Å². The third-order valence-corrected chi connectivity index (χ3v) is 13.3. The number of esters is 1. The summed E-state index contributed by atoms with van der Waals surface area (Å²) in [5.74, 6) is -2.66. The monoisotopic (exact) mass is 743 g/mol. The number of rotatable bonds is 6. The molecular weight excluding hydrogens is 710 g/mol. The van der Waals surface area contributed by atoms with E-state index in [9.17, 15) is 48.7 Å². The fourth-order valence-electron chi connectivity index (χ4n) is 8.20. The second-order valence-electron chi connectivity index (χ2n) is 13.5. The quantitative estimate of drug-likeness (QED) is 0.111. The Hall–Kier alpha value is -4.01. The van der Waals surface area contributed by atoms with E-state index in [1.165, 1.54) is 4.90 Å². The summed E-state index contributed by atoms with van der Waals surface area (Å²) in [5, 5.41) is 0. The average molecular weight is 744 g/mol. The lowest BCUT2D eigenvalue weighted by Gasteiger charge is -2.44. The van der Waals surface area contributed by atoms with E-state index in [1.54, 1.807) is 37.3 Å². The maximum atomic E-state index is 15.1. The number of hydrogen-bond donors (Lipinski definition) is 0. The molecule has 6 rings (SSSR count). The number of nitrogens with zero attached hydrogens (tertiary/aromatic N) is 1. The predicted octanol–water partition coefficient (Wildman–Crippen LogP) is 7.99. The summed E-state index contributed by atoms with van der Waals surface area (Å²) in [6.45, 7) is 1.68. The van der Waals surface area contributed by atoms with E-state index in [4.69, 9.17) is 4.74 Å². The number of amides is 1. The molecule has 0 N–H and O–H groups in total. The molecule has 0 aromatic heterocycles. The van der Waals surface area contributed by atoms with Crippen LogP contribution in [0.4, 0.5) is 35.1 Å². The average Bonchev–Trinajstić information content (AvgIpc) is 3.49. The summed E-state index contributed by atoms with van der Waals surface area (Å²) in [7, 11) is -4.62. The smallest absolute Gasteiger partial charge is 0.426 e. The molecule has 1 saturated heterocycles. The van der Waals surface area contributed by atoms with Crippen molar-refractivity contribution in [1.82, 2.24) is 4.90 Å². The number of alkyl halides is 7. The van der Waals surface area contributed by atoms with Crippen molar-refractivity contribution in [3.8, 4) is 5.75 Å². The van der Waals surface area contributed by atoms with Gasteiger partial charge < -0.3 is 9.64 Å². The van der Waals surface area contributed by atoms with E-state index in [2.05, 4.69) is 0 Å². The summed E-state index contributed by atoms with van der Waals surface area (Å²) < 4.78 is 144. The molecule has 6 nitrogen and oxygen atoms in total. The number of halogens is 8. The lowest BCUT2D eigenvalue weighted by Crippen LogP contribution is -2.54. The fraction of sp³-hybridized carbons (Fsp3) is 0.444.